The van der Waals surface area contributed by atoms with Crippen LogP contribution in [0.25, 0.3) is 11.1 Å². The van der Waals surface area contributed by atoms with Gasteiger partial charge in [0.1, 0.15) is 5.75 Å². The SMILES string of the molecule is COc1ccc(-c2ccc3n(c2=O)C[C@H]2[C@H](CO)[C@@H](C(=O)N4CCOCC4)[C@@H]3N2C)cc1. The number of aliphatic hydroxyl groups is 1. The Labute approximate surface area is 187 Å². The first-order valence-electron chi connectivity index (χ1n) is 11.1. The predicted octanol–water partition coefficient (Wildman–Crippen LogP) is 0.976. The van der Waals surface area contributed by atoms with Crippen molar-refractivity contribution in [2.45, 2.75) is 18.6 Å². The summed E-state index contributed by atoms with van der Waals surface area (Å²) in [5, 5.41) is 10.3. The molecule has 3 aliphatic heterocycles. The van der Waals surface area contributed by atoms with Crippen LogP contribution in [0.4, 0.5) is 0 Å². The van der Waals surface area contributed by atoms with E-state index in [1.807, 2.05) is 52.9 Å². The summed E-state index contributed by atoms with van der Waals surface area (Å²) in [4.78, 5) is 31.1. The number of aliphatic hydroxyl groups excluding tert-OH is 1. The van der Waals surface area contributed by atoms with E-state index in [0.717, 1.165) is 17.0 Å². The van der Waals surface area contributed by atoms with Crippen LogP contribution in [0.2, 0.25) is 0 Å². The maximum Gasteiger partial charge on any atom is 0.258 e. The van der Waals surface area contributed by atoms with Crippen LogP contribution in [0.15, 0.2) is 41.2 Å². The highest BCUT2D eigenvalue weighted by Crippen LogP contribution is 2.48. The number of nitrogens with zero attached hydrogens (tertiary/aromatic N) is 3. The minimum absolute atomic E-state index is 0.0480. The predicted molar refractivity (Wildman–Crippen MR) is 118 cm³/mol. The Balaban J connectivity index is 1.55. The number of likely N-dealkylation sites (N-methyl/N-ethyl adjacent to an activating group) is 1. The summed E-state index contributed by atoms with van der Waals surface area (Å²) in [6.45, 7) is 2.58. The van der Waals surface area contributed by atoms with E-state index in [2.05, 4.69) is 4.90 Å². The molecule has 0 unspecified atom stereocenters. The van der Waals surface area contributed by atoms with Gasteiger partial charge in [0.2, 0.25) is 5.91 Å². The molecule has 4 atom stereocenters. The maximum atomic E-state index is 13.5. The van der Waals surface area contributed by atoms with Crippen molar-refractivity contribution in [1.82, 2.24) is 14.4 Å². The molecule has 32 heavy (non-hydrogen) atoms. The number of carbonyl (C=O) groups is 1. The molecule has 1 N–H and O–H groups in total. The van der Waals surface area contributed by atoms with Gasteiger partial charge in [-0.05, 0) is 36.9 Å². The van der Waals surface area contributed by atoms with Crippen LogP contribution in [0.1, 0.15) is 11.7 Å². The number of methoxy groups -OCH3 is 1. The summed E-state index contributed by atoms with van der Waals surface area (Å²) in [6.07, 6.45) is 0. The summed E-state index contributed by atoms with van der Waals surface area (Å²) in [6, 6.07) is 11.0. The fourth-order valence-corrected chi connectivity index (χ4v) is 5.66. The average Bonchev–Trinajstić information content (AvgIpc) is 3.01. The Kier molecular flexibility index (Phi) is 5.53. The van der Waals surface area contributed by atoms with E-state index in [-0.39, 0.29) is 42.0 Å². The Hall–Kier alpha value is -2.68. The highest BCUT2D eigenvalue weighted by Gasteiger charge is 2.55. The van der Waals surface area contributed by atoms with E-state index in [1.165, 1.54) is 0 Å². The van der Waals surface area contributed by atoms with Crippen LogP contribution >= 0.6 is 0 Å². The number of benzene rings is 1. The molecule has 0 radical (unpaired) electrons. The number of amides is 1. The van der Waals surface area contributed by atoms with E-state index in [1.54, 1.807) is 7.11 Å². The van der Waals surface area contributed by atoms with E-state index in [9.17, 15) is 14.7 Å². The second-order valence-corrected chi connectivity index (χ2v) is 8.80. The van der Waals surface area contributed by atoms with Crippen molar-refractivity contribution in [3.8, 4) is 16.9 Å². The molecule has 2 aromatic rings. The number of hydrogen-bond acceptors (Lipinski definition) is 6. The van der Waals surface area contributed by atoms with E-state index >= 15 is 0 Å². The molecule has 0 spiro atoms. The molecule has 1 aromatic heterocycles. The molecular weight excluding hydrogens is 410 g/mol. The van der Waals surface area contributed by atoms with Gasteiger partial charge >= 0.3 is 0 Å². The van der Waals surface area contributed by atoms with Gasteiger partial charge in [0, 0.05) is 49.5 Å². The molecule has 0 saturated carbocycles. The van der Waals surface area contributed by atoms with Gasteiger partial charge in [-0.25, -0.2) is 0 Å². The van der Waals surface area contributed by atoms with E-state index < -0.39 is 0 Å². The zero-order valence-electron chi connectivity index (χ0n) is 18.4. The number of aromatic nitrogens is 1. The second kappa shape index (κ2) is 8.35. The Morgan fingerprint density at radius 2 is 1.88 bits per heavy atom. The number of rotatable bonds is 4. The zero-order chi connectivity index (χ0) is 22.4. The van der Waals surface area contributed by atoms with Crippen molar-refractivity contribution in [1.29, 1.82) is 0 Å². The van der Waals surface area contributed by atoms with Gasteiger partial charge in [0.15, 0.2) is 0 Å². The first-order chi connectivity index (χ1) is 15.5. The fourth-order valence-electron chi connectivity index (χ4n) is 5.66. The minimum Gasteiger partial charge on any atom is -0.497 e. The Morgan fingerprint density at radius 3 is 2.53 bits per heavy atom. The number of carbonyl (C=O) groups excluding carboxylic acids is 1. The molecule has 170 valence electrons. The van der Waals surface area contributed by atoms with Crippen molar-refractivity contribution in [3.63, 3.8) is 0 Å². The molecule has 1 amide bonds. The molecule has 5 rings (SSSR count). The largest absolute Gasteiger partial charge is 0.497 e. The maximum absolute atomic E-state index is 13.5. The Morgan fingerprint density at radius 1 is 1.16 bits per heavy atom. The van der Waals surface area contributed by atoms with E-state index in [0.29, 0.717) is 38.4 Å². The average molecular weight is 440 g/mol. The smallest absolute Gasteiger partial charge is 0.258 e. The molecule has 0 aliphatic carbocycles. The topological polar surface area (TPSA) is 84.2 Å². The van der Waals surface area contributed by atoms with Crippen molar-refractivity contribution >= 4 is 5.91 Å². The number of morpholine rings is 1. The van der Waals surface area contributed by atoms with Crippen LogP contribution in [-0.2, 0) is 16.1 Å². The van der Waals surface area contributed by atoms with Gasteiger partial charge in [-0.1, -0.05) is 12.1 Å². The number of ether oxygens (including phenoxy) is 2. The number of hydrogen-bond donors (Lipinski definition) is 1. The molecule has 1 aromatic carbocycles. The van der Waals surface area contributed by atoms with E-state index in [4.69, 9.17) is 9.47 Å². The quantitative estimate of drug-likeness (QED) is 0.765. The van der Waals surface area contributed by atoms with Gasteiger partial charge in [0.25, 0.3) is 5.56 Å². The molecule has 8 heteroatoms. The summed E-state index contributed by atoms with van der Waals surface area (Å²) < 4.78 is 12.4. The third-order valence-electron chi connectivity index (χ3n) is 7.36. The molecule has 8 nitrogen and oxygen atoms in total. The summed E-state index contributed by atoms with van der Waals surface area (Å²) in [5.41, 5.74) is 2.23. The van der Waals surface area contributed by atoms with Crippen LogP contribution in [0.3, 0.4) is 0 Å². The monoisotopic (exact) mass is 439 g/mol. The number of pyridine rings is 1. The van der Waals surface area contributed by atoms with Crippen LogP contribution in [0, 0.1) is 11.8 Å². The summed E-state index contributed by atoms with van der Waals surface area (Å²) in [5.74, 6) is 0.186. The fraction of sp³-hybridized carbons (Fsp3) is 0.500. The van der Waals surface area contributed by atoms with Gasteiger partial charge in [0.05, 0.1) is 32.3 Å². The molecule has 2 bridgehead atoms. The minimum atomic E-state index is -0.381. The van der Waals surface area contributed by atoms with Gasteiger partial charge < -0.3 is 24.0 Å². The lowest BCUT2D eigenvalue weighted by molar-refractivity contribution is -0.142. The number of fused-ring (bicyclic) bond motifs is 4. The van der Waals surface area contributed by atoms with Gasteiger partial charge in [-0.3, -0.25) is 14.5 Å². The molecule has 2 saturated heterocycles. The third kappa shape index (κ3) is 3.25. The van der Waals surface area contributed by atoms with Crippen LogP contribution in [0.5, 0.6) is 5.75 Å². The van der Waals surface area contributed by atoms with Crippen molar-refractivity contribution in [3.05, 3.63) is 52.4 Å². The zero-order valence-corrected chi connectivity index (χ0v) is 18.4. The lowest BCUT2D eigenvalue weighted by atomic mass is 9.86. The van der Waals surface area contributed by atoms with Crippen molar-refractivity contribution in [2.24, 2.45) is 11.8 Å². The van der Waals surface area contributed by atoms with Crippen molar-refractivity contribution < 1.29 is 19.4 Å². The second-order valence-electron chi connectivity index (χ2n) is 8.80. The lowest BCUT2D eigenvalue weighted by Crippen LogP contribution is -2.46. The van der Waals surface area contributed by atoms with Gasteiger partial charge in [-0.15, -0.1) is 0 Å². The Bertz CT molecular complexity index is 1060. The standard InChI is InChI=1S/C24H29N3O5/c1-25-20-13-27-19(8-7-17(23(27)29)15-3-5-16(31-2)6-4-15)22(25)21(18(20)14-28)24(30)26-9-11-32-12-10-26/h3-8,18,20-22,28H,9-14H2,1-2H3/t18-,20-,21+,22+/m0/s1. The summed E-state index contributed by atoms with van der Waals surface area (Å²) in [7, 11) is 3.61. The lowest BCUT2D eigenvalue weighted by Gasteiger charge is -2.36. The highest BCUT2D eigenvalue weighted by atomic mass is 16.5. The third-order valence-corrected chi connectivity index (χ3v) is 7.36. The molecular formula is C24H29N3O5. The van der Waals surface area contributed by atoms with Crippen molar-refractivity contribution in [2.75, 3.05) is 47.1 Å². The molecule has 2 fully saturated rings. The molecule has 4 heterocycles. The first kappa shape index (κ1) is 21.2. The highest BCUT2D eigenvalue weighted by molar-refractivity contribution is 5.81. The van der Waals surface area contributed by atoms with Gasteiger partial charge in [-0.2, -0.15) is 0 Å². The molecule has 3 aliphatic rings. The normalized spacial score (nSPS) is 27.3. The van der Waals surface area contributed by atoms with Crippen LogP contribution in [-0.4, -0.2) is 78.5 Å². The van der Waals surface area contributed by atoms with Crippen LogP contribution < -0.4 is 10.3 Å². The first-order valence-corrected chi connectivity index (χ1v) is 11.1. The summed E-state index contributed by atoms with van der Waals surface area (Å²) >= 11 is 0.